The van der Waals surface area contributed by atoms with E-state index in [-0.39, 0.29) is 22.8 Å². The minimum atomic E-state index is -0.213. The van der Waals surface area contributed by atoms with Gasteiger partial charge in [0.15, 0.2) is 24.3 Å². The molecule has 2 aromatic carbocycles. The highest BCUT2D eigenvalue weighted by Crippen LogP contribution is 2.35. The molecule has 0 atom stereocenters. The molecule has 0 radical (unpaired) electrons. The lowest BCUT2D eigenvalue weighted by Gasteiger charge is -2.12. The van der Waals surface area contributed by atoms with Crippen LogP contribution in [0.15, 0.2) is 36.4 Å². The summed E-state index contributed by atoms with van der Waals surface area (Å²) in [6.07, 6.45) is 3.01. The Morgan fingerprint density at radius 1 is 1.00 bits per heavy atom. The van der Waals surface area contributed by atoms with Crippen molar-refractivity contribution in [3.8, 4) is 11.5 Å². The second-order valence-corrected chi connectivity index (χ2v) is 4.95. The zero-order valence-corrected chi connectivity index (χ0v) is 12.8. The molecule has 3 nitrogen and oxygen atoms in total. The summed E-state index contributed by atoms with van der Waals surface area (Å²) >= 11 is 0. The molecule has 0 saturated heterocycles. The van der Waals surface area contributed by atoms with E-state index in [2.05, 4.69) is 16.9 Å². The lowest BCUT2D eigenvalue weighted by molar-refractivity contribution is -0.436. The molecule has 2 heterocycles. The third-order valence-corrected chi connectivity index (χ3v) is 3.71. The number of hydrogen-bond acceptors (Lipinski definition) is 2. The molecule has 0 bridgehead atoms. The zero-order chi connectivity index (χ0) is 13.5. The maximum atomic E-state index is 13.0. The summed E-state index contributed by atoms with van der Waals surface area (Å²) in [5.41, 5.74) is 3.38. The summed E-state index contributed by atoms with van der Waals surface area (Å²) in [6, 6.07) is 10.6. The summed E-state index contributed by atoms with van der Waals surface area (Å²) in [6.45, 7) is 1.16. The molecule has 0 amide bonds. The number of ether oxygens (including phenoxy) is 2. The monoisotopic (exact) mass is 349 g/mol. The predicted molar refractivity (Wildman–Crippen MR) is 72.6 cm³/mol. The Balaban J connectivity index is 0.00000132. The van der Waals surface area contributed by atoms with Crippen molar-refractivity contribution >= 4 is 11.9 Å². The van der Waals surface area contributed by atoms with E-state index < -0.39 is 0 Å². The van der Waals surface area contributed by atoms with Crippen molar-refractivity contribution in [1.82, 2.24) is 0 Å². The minimum absolute atomic E-state index is 0. The number of nitrogens with zero attached hydrogens (tertiary/aromatic N) is 1. The van der Waals surface area contributed by atoms with Gasteiger partial charge in [-0.1, -0.05) is 0 Å². The molecule has 0 aromatic heterocycles. The van der Waals surface area contributed by atoms with Gasteiger partial charge in [-0.2, -0.15) is 4.58 Å². The van der Waals surface area contributed by atoms with E-state index in [9.17, 15) is 4.39 Å². The second-order valence-electron chi connectivity index (χ2n) is 4.95. The lowest BCUT2D eigenvalue weighted by Crippen LogP contribution is -3.00. The van der Waals surface area contributed by atoms with E-state index in [1.165, 1.54) is 17.7 Å². The summed E-state index contributed by atoms with van der Waals surface area (Å²) in [7, 11) is 0. The zero-order valence-electron chi connectivity index (χ0n) is 11.2. The van der Waals surface area contributed by atoms with Crippen LogP contribution in [0.25, 0.3) is 0 Å². The largest absolute Gasteiger partial charge is 1.00 e. The first kappa shape index (κ1) is 14.1. The van der Waals surface area contributed by atoms with Gasteiger partial charge in [-0.25, -0.2) is 4.39 Å². The highest BCUT2D eigenvalue weighted by atomic mass is 79.9. The molecule has 0 fully saturated rings. The van der Waals surface area contributed by atoms with Crippen LogP contribution in [0.5, 0.6) is 11.5 Å². The van der Waals surface area contributed by atoms with Crippen LogP contribution in [0, 0.1) is 5.82 Å². The normalized spacial score (nSPS) is 15.0. The van der Waals surface area contributed by atoms with Crippen LogP contribution in [0.2, 0.25) is 0 Å². The molecule has 2 aromatic rings. The summed E-state index contributed by atoms with van der Waals surface area (Å²) in [5, 5.41) is 0. The molecule has 0 N–H and O–H groups in total. The highest BCUT2D eigenvalue weighted by Gasteiger charge is 2.23. The van der Waals surface area contributed by atoms with Crippen molar-refractivity contribution in [2.75, 3.05) is 13.3 Å². The predicted octanol–water partition coefficient (Wildman–Crippen LogP) is -0.122. The van der Waals surface area contributed by atoms with Crippen molar-refractivity contribution < 1.29 is 35.4 Å². The van der Waals surface area contributed by atoms with E-state index in [1.54, 1.807) is 12.1 Å². The Hall–Kier alpha value is -1.88. The van der Waals surface area contributed by atoms with Crippen LogP contribution in [-0.4, -0.2) is 24.1 Å². The maximum absolute atomic E-state index is 13.0. The number of hydrogen-bond donors (Lipinski definition) is 0. The Morgan fingerprint density at radius 2 is 1.71 bits per heavy atom. The quantitative estimate of drug-likeness (QED) is 0.669. The minimum Gasteiger partial charge on any atom is -1.00 e. The lowest BCUT2D eigenvalue weighted by atomic mass is 10.0. The van der Waals surface area contributed by atoms with Crippen LogP contribution in [0.3, 0.4) is 0 Å². The van der Waals surface area contributed by atoms with Gasteiger partial charge in [0, 0.05) is 24.1 Å². The van der Waals surface area contributed by atoms with E-state index in [0.29, 0.717) is 6.79 Å². The number of halogens is 2. The molecule has 0 aliphatic carbocycles. The molecule has 4 rings (SSSR count). The molecule has 2 aliphatic rings. The van der Waals surface area contributed by atoms with Gasteiger partial charge < -0.3 is 26.5 Å². The summed E-state index contributed by atoms with van der Waals surface area (Å²) in [5.74, 6) is 1.41. The van der Waals surface area contributed by atoms with Gasteiger partial charge in [-0.3, -0.25) is 0 Å². The van der Waals surface area contributed by atoms with Crippen LogP contribution in [-0.2, 0) is 6.42 Å². The van der Waals surface area contributed by atoms with Gasteiger partial charge in [0.1, 0.15) is 5.82 Å². The molecule has 0 spiro atoms. The van der Waals surface area contributed by atoms with Gasteiger partial charge >= 0.3 is 0 Å². The number of benzene rings is 2. The first-order valence-corrected chi connectivity index (χ1v) is 6.59. The van der Waals surface area contributed by atoms with Crippen LogP contribution in [0.1, 0.15) is 11.1 Å². The third kappa shape index (κ3) is 2.53. The van der Waals surface area contributed by atoms with Gasteiger partial charge in [0.2, 0.25) is 12.5 Å². The molecule has 5 heteroatoms. The van der Waals surface area contributed by atoms with Crippen molar-refractivity contribution in [2.24, 2.45) is 0 Å². The third-order valence-electron chi connectivity index (χ3n) is 3.71. The van der Waals surface area contributed by atoms with Gasteiger partial charge in [0.25, 0.3) is 0 Å². The fourth-order valence-corrected chi connectivity index (χ4v) is 2.65. The van der Waals surface area contributed by atoms with Crippen molar-refractivity contribution in [2.45, 2.75) is 6.42 Å². The van der Waals surface area contributed by atoms with Crippen molar-refractivity contribution in [3.05, 3.63) is 53.3 Å². The van der Waals surface area contributed by atoms with Crippen molar-refractivity contribution in [1.29, 1.82) is 0 Å². The molecule has 21 heavy (non-hydrogen) atoms. The summed E-state index contributed by atoms with van der Waals surface area (Å²) < 4.78 is 25.9. The van der Waals surface area contributed by atoms with Crippen LogP contribution in [0.4, 0.5) is 10.1 Å². The molecular formula is C16H13BrFNO2. The van der Waals surface area contributed by atoms with Gasteiger partial charge in [-0.15, -0.1) is 0 Å². The van der Waals surface area contributed by atoms with Gasteiger partial charge in [0.05, 0.1) is 0 Å². The number of fused-ring (bicyclic) bond motifs is 2. The second kappa shape index (κ2) is 5.48. The molecule has 108 valence electrons. The molecule has 0 unspecified atom stereocenters. The van der Waals surface area contributed by atoms with Gasteiger partial charge in [-0.05, 0) is 29.8 Å². The SMILES string of the molecule is Fc1ccc([N+]2=Cc3cc4c(cc3CC2)OCO4)cc1.[Br-]. The molecular weight excluding hydrogens is 337 g/mol. The van der Waals surface area contributed by atoms with Crippen molar-refractivity contribution in [3.63, 3.8) is 0 Å². The molecule has 0 saturated carbocycles. The van der Waals surface area contributed by atoms with Crippen LogP contribution < -0.4 is 26.5 Å². The highest BCUT2D eigenvalue weighted by molar-refractivity contribution is 5.81. The van der Waals surface area contributed by atoms with E-state index in [1.807, 2.05) is 6.07 Å². The maximum Gasteiger partial charge on any atom is 0.231 e. The number of rotatable bonds is 1. The summed E-state index contributed by atoms with van der Waals surface area (Å²) in [4.78, 5) is 0. The Kier molecular flexibility index (Phi) is 3.68. The van der Waals surface area contributed by atoms with E-state index in [4.69, 9.17) is 9.47 Å². The Labute approximate surface area is 132 Å². The standard InChI is InChI=1S/C16H13FNO2.BrH/c17-13-1-3-14(4-2-13)18-6-5-11-7-15-16(20-10-19-15)8-12(11)9-18;/h1-4,7-9H,5-6,10H2;1H/q+1;/p-1. The van der Waals surface area contributed by atoms with E-state index >= 15 is 0 Å². The fraction of sp³-hybridized carbons (Fsp3) is 0.188. The first-order valence-electron chi connectivity index (χ1n) is 6.59. The smallest absolute Gasteiger partial charge is 0.231 e. The van der Waals surface area contributed by atoms with E-state index in [0.717, 1.165) is 35.7 Å². The fourth-order valence-electron chi connectivity index (χ4n) is 2.65. The Bertz CT molecular complexity index is 713. The Morgan fingerprint density at radius 3 is 2.48 bits per heavy atom. The van der Waals surface area contributed by atoms with Crippen LogP contribution >= 0.6 is 0 Å². The topological polar surface area (TPSA) is 21.5 Å². The average Bonchev–Trinajstić information content (AvgIpc) is 2.92. The first-order chi connectivity index (χ1) is 9.79. The average molecular weight is 350 g/mol. The molecule has 2 aliphatic heterocycles.